The molecule has 112 valence electrons. The highest BCUT2D eigenvalue weighted by atomic mass is 32.2. The number of amides is 1. The molecule has 7 nitrogen and oxygen atoms in total. The van der Waals surface area contributed by atoms with E-state index in [0.29, 0.717) is 0 Å². The van der Waals surface area contributed by atoms with Crippen LogP contribution < -0.4 is 13.6 Å². The van der Waals surface area contributed by atoms with E-state index in [9.17, 15) is 13.2 Å². The number of pyridine rings is 1. The van der Waals surface area contributed by atoms with Crippen molar-refractivity contribution in [1.82, 2.24) is 4.72 Å². The van der Waals surface area contributed by atoms with Crippen LogP contribution in [0.5, 0.6) is 0 Å². The topological polar surface area (TPSA) is 79.6 Å². The summed E-state index contributed by atoms with van der Waals surface area (Å²) in [6.07, 6.45) is 1.69. The van der Waals surface area contributed by atoms with E-state index in [1.165, 1.54) is 12.4 Å². The minimum atomic E-state index is -4.00. The number of carbonyl (C=O) groups is 1. The molecule has 0 aliphatic carbocycles. The zero-order chi connectivity index (χ0) is 15.6. The maximum atomic E-state index is 11.9. The highest BCUT2D eigenvalue weighted by molar-refractivity contribution is 7.83. The number of ether oxygens (including phenoxy) is 1. The van der Waals surface area contributed by atoms with Crippen molar-refractivity contribution in [3.05, 3.63) is 24.5 Å². The number of anilines is 1. The number of nitrogens with one attached hydrogen (secondary N) is 1. The molecular weight excluding hydrogens is 282 g/mol. The van der Waals surface area contributed by atoms with E-state index in [4.69, 9.17) is 4.74 Å². The Morgan fingerprint density at radius 1 is 1.25 bits per heavy atom. The summed E-state index contributed by atoms with van der Waals surface area (Å²) in [5.74, 6) is 0. The number of aromatic nitrogens is 1. The van der Waals surface area contributed by atoms with E-state index in [0.717, 1.165) is 9.66 Å². The van der Waals surface area contributed by atoms with Crippen LogP contribution in [0.2, 0.25) is 0 Å². The molecule has 1 heterocycles. The molecule has 0 aliphatic rings. The van der Waals surface area contributed by atoms with Crippen molar-refractivity contribution in [1.29, 1.82) is 0 Å². The fraction of sp³-hybridized carbons (Fsp3) is 0.500. The van der Waals surface area contributed by atoms with E-state index in [1.54, 1.807) is 32.9 Å². The summed E-state index contributed by atoms with van der Waals surface area (Å²) in [5, 5.41) is 0. The van der Waals surface area contributed by atoms with Crippen molar-refractivity contribution in [2.75, 3.05) is 19.0 Å². The lowest BCUT2D eigenvalue weighted by Crippen LogP contribution is -2.52. The predicted molar refractivity (Wildman–Crippen MR) is 74.7 cm³/mol. The van der Waals surface area contributed by atoms with Gasteiger partial charge in [-0.15, -0.1) is 8.42 Å². The van der Waals surface area contributed by atoms with Crippen LogP contribution in [0.15, 0.2) is 24.5 Å². The highest BCUT2D eigenvalue weighted by Gasteiger charge is 2.27. The minimum Gasteiger partial charge on any atom is -0.443 e. The molecule has 0 spiro atoms. The lowest BCUT2D eigenvalue weighted by Gasteiger charge is -2.18. The second-order valence-electron chi connectivity index (χ2n) is 5.39. The Kier molecular flexibility index (Phi) is 4.59. The molecule has 20 heavy (non-hydrogen) atoms. The van der Waals surface area contributed by atoms with Crippen molar-refractivity contribution >= 4 is 22.0 Å². The third-order valence-electron chi connectivity index (χ3n) is 2.19. The summed E-state index contributed by atoms with van der Waals surface area (Å²) in [6, 6.07) is 3.24. The molecule has 0 unspecified atom stereocenters. The molecular formula is C12H20N3O4S+. The van der Waals surface area contributed by atoms with Crippen molar-refractivity contribution in [3.63, 3.8) is 0 Å². The highest BCUT2D eigenvalue weighted by Crippen LogP contribution is 2.08. The first kappa shape index (κ1) is 16.2. The summed E-state index contributed by atoms with van der Waals surface area (Å²) < 4.78 is 31.5. The maximum Gasteiger partial charge on any atom is 0.474 e. The van der Waals surface area contributed by atoms with Crippen LogP contribution in [0.1, 0.15) is 20.8 Å². The largest absolute Gasteiger partial charge is 0.474 e. The van der Waals surface area contributed by atoms with Crippen LogP contribution in [-0.2, 0) is 14.9 Å². The van der Waals surface area contributed by atoms with Gasteiger partial charge in [-0.25, -0.2) is 4.79 Å². The molecule has 1 N–H and O–H groups in total. The predicted octanol–water partition coefficient (Wildman–Crippen LogP) is 0.658. The number of carbonyl (C=O) groups excluding carboxylic acids is 1. The van der Waals surface area contributed by atoms with Gasteiger partial charge in [-0.1, -0.05) is 3.97 Å². The van der Waals surface area contributed by atoms with Gasteiger partial charge < -0.3 is 9.64 Å². The summed E-state index contributed by atoms with van der Waals surface area (Å²) in [5.41, 5.74) is 0.0766. The van der Waals surface area contributed by atoms with Crippen LogP contribution in [0.25, 0.3) is 0 Å². The van der Waals surface area contributed by atoms with Gasteiger partial charge in [-0.2, -0.15) is 4.72 Å². The second kappa shape index (κ2) is 5.66. The van der Waals surface area contributed by atoms with Crippen molar-refractivity contribution in [2.24, 2.45) is 0 Å². The Morgan fingerprint density at radius 3 is 2.15 bits per heavy atom. The Balaban J connectivity index is 2.86. The zero-order valence-corrected chi connectivity index (χ0v) is 13.1. The smallest absolute Gasteiger partial charge is 0.443 e. The SMILES string of the molecule is CN(C)c1cc[n+](S(=O)(=O)NC(=O)OC(C)(C)C)cc1. The molecule has 0 atom stereocenters. The molecule has 0 radical (unpaired) electrons. The molecule has 0 aromatic carbocycles. The molecule has 1 rings (SSSR count). The first-order valence-electron chi connectivity index (χ1n) is 5.96. The Hall–Kier alpha value is -1.83. The van der Waals surface area contributed by atoms with Gasteiger partial charge in [0.2, 0.25) is 0 Å². The maximum absolute atomic E-state index is 11.9. The van der Waals surface area contributed by atoms with Crippen LogP contribution in [0.3, 0.4) is 0 Å². The lowest BCUT2D eigenvalue weighted by atomic mass is 10.2. The number of nitrogens with zero attached hydrogens (tertiary/aromatic N) is 2. The van der Waals surface area contributed by atoms with Crippen LogP contribution in [-0.4, -0.2) is 34.2 Å². The zero-order valence-electron chi connectivity index (χ0n) is 12.2. The quantitative estimate of drug-likeness (QED) is 0.830. The molecule has 0 aliphatic heterocycles. The Bertz CT molecular complexity index is 574. The van der Waals surface area contributed by atoms with Crippen LogP contribution >= 0.6 is 0 Å². The number of rotatable bonds is 3. The van der Waals surface area contributed by atoms with E-state index in [1.807, 2.05) is 23.7 Å². The third kappa shape index (κ3) is 4.69. The summed E-state index contributed by atoms with van der Waals surface area (Å²) in [4.78, 5) is 13.3. The van der Waals surface area contributed by atoms with E-state index < -0.39 is 21.9 Å². The molecule has 0 saturated carbocycles. The van der Waals surface area contributed by atoms with Crippen molar-refractivity contribution in [2.45, 2.75) is 26.4 Å². The van der Waals surface area contributed by atoms with Gasteiger partial charge in [0, 0.05) is 31.9 Å². The third-order valence-corrected chi connectivity index (χ3v) is 3.41. The summed E-state index contributed by atoms with van der Waals surface area (Å²) in [7, 11) is -0.320. The monoisotopic (exact) mass is 302 g/mol. The standard InChI is InChI=1S/C12H19N3O4S/c1-12(2,3)19-11(16)13-20(17,18)15-8-6-10(7-9-15)14(4)5/h6-9H,1-5H3/p+1. The molecule has 0 saturated heterocycles. The first-order valence-corrected chi connectivity index (χ1v) is 7.40. The molecule has 1 aromatic heterocycles. The van der Waals surface area contributed by atoms with Crippen molar-refractivity contribution < 1.29 is 21.9 Å². The van der Waals surface area contributed by atoms with Gasteiger partial charge in [0.15, 0.2) is 12.4 Å². The van der Waals surface area contributed by atoms with E-state index in [-0.39, 0.29) is 0 Å². The van der Waals surface area contributed by atoms with Gasteiger partial charge in [0.1, 0.15) is 5.60 Å². The van der Waals surface area contributed by atoms with E-state index >= 15 is 0 Å². The minimum absolute atomic E-state index is 0.765. The lowest BCUT2D eigenvalue weighted by molar-refractivity contribution is -0.512. The average molecular weight is 302 g/mol. The number of hydrogen-bond donors (Lipinski definition) is 1. The van der Waals surface area contributed by atoms with Gasteiger partial charge in [-0.05, 0) is 20.8 Å². The molecule has 1 aromatic rings. The molecule has 8 heteroatoms. The van der Waals surface area contributed by atoms with Crippen molar-refractivity contribution in [3.8, 4) is 0 Å². The van der Waals surface area contributed by atoms with Crippen LogP contribution in [0.4, 0.5) is 10.5 Å². The van der Waals surface area contributed by atoms with Crippen LogP contribution in [0, 0.1) is 0 Å². The summed E-state index contributed by atoms with van der Waals surface area (Å²) in [6.45, 7) is 4.95. The molecule has 0 fully saturated rings. The molecule has 0 bridgehead atoms. The van der Waals surface area contributed by atoms with Gasteiger partial charge in [-0.3, -0.25) is 0 Å². The van der Waals surface area contributed by atoms with Gasteiger partial charge in [0.25, 0.3) is 0 Å². The molecule has 1 amide bonds. The second-order valence-corrected chi connectivity index (χ2v) is 6.97. The van der Waals surface area contributed by atoms with Gasteiger partial charge in [0.05, 0.1) is 0 Å². The Morgan fingerprint density at radius 2 is 1.75 bits per heavy atom. The van der Waals surface area contributed by atoms with Gasteiger partial charge >= 0.3 is 16.3 Å². The number of hydrogen-bond acceptors (Lipinski definition) is 5. The first-order chi connectivity index (χ1) is 9.01. The summed E-state index contributed by atoms with van der Waals surface area (Å²) >= 11 is 0. The Labute approximate surface area is 119 Å². The fourth-order valence-electron chi connectivity index (χ4n) is 1.32. The van der Waals surface area contributed by atoms with E-state index in [2.05, 4.69) is 0 Å². The fourth-order valence-corrected chi connectivity index (χ4v) is 2.12. The normalized spacial score (nSPS) is 11.8. The average Bonchev–Trinajstić information content (AvgIpc) is 2.25.